The van der Waals surface area contributed by atoms with Crippen molar-refractivity contribution >= 4 is 17.2 Å². The van der Waals surface area contributed by atoms with Crippen molar-refractivity contribution in [3.05, 3.63) is 46.8 Å². The summed E-state index contributed by atoms with van der Waals surface area (Å²) >= 11 is 1.37. The number of nitrogens with zero attached hydrogens (tertiary/aromatic N) is 1. The van der Waals surface area contributed by atoms with Gasteiger partial charge >= 0.3 is 0 Å². The molecule has 3 aliphatic rings. The van der Waals surface area contributed by atoms with Crippen molar-refractivity contribution in [3.63, 3.8) is 0 Å². The van der Waals surface area contributed by atoms with Crippen molar-refractivity contribution in [1.82, 2.24) is 4.90 Å². The van der Waals surface area contributed by atoms with Crippen molar-refractivity contribution in [2.45, 2.75) is 18.8 Å². The molecule has 1 amide bonds. The fraction of sp³-hybridized carbons (Fsp3) is 0.389. The molecule has 0 radical (unpaired) electrons. The van der Waals surface area contributed by atoms with Crippen LogP contribution in [0.15, 0.2) is 36.4 Å². The molecule has 2 aromatic rings. The van der Waals surface area contributed by atoms with E-state index in [1.165, 1.54) is 37.3 Å². The molecule has 120 valence electrons. The molecule has 0 aliphatic carbocycles. The lowest BCUT2D eigenvalue weighted by Gasteiger charge is -2.45. The predicted octanol–water partition coefficient (Wildman–Crippen LogP) is 3.45. The average Bonchev–Trinajstić information content (AvgIpc) is 3.01. The highest BCUT2D eigenvalue weighted by Gasteiger charge is 2.37. The maximum Gasteiger partial charge on any atom is 0.259 e. The molecule has 23 heavy (non-hydrogen) atoms. The first-order valence-corrected chi connectivity index (χ1v) is 8.91. The number of nitrogens with two attached hydrogens (primary N) is 1. The Bertz CT molecular complexity index is 705. The molecule has 1 atom stereocenters. The summed E-state index contributed by atoms with van der Waals surface area (Å²) in [5, 5.41) is 0.747. The standard InChI is InChI=1S/C18H20N2O2S/c19-18(21)17-14(15-11-20-8-6-12(15)7-9-20)10-16(23-17)22-13-4-2-1-3-5-13/h1-5,10,12,15H,6-9,11H2,(H2,19,21). The van der Waals surface area contributed by atoms with Crippen LogP contribution in [0, 0.1) is 5.92 Å². The van der Waals surface area contributed by atoms with Gasteiger partial charge in [0.25, 0.3) is 5.91 Å². The molecule has 5 heteroatoms. The van der Waals surface area contributed by atoms with E-state index >= 15 is 0 Å². The number of fused-ring (bicyclic) bond motifs is 3. The van der Waals surface area contributed by atoms with E-state index in [-0.39, 0.29) is 5.91 Å². The maximum atomic E-state index is 11.9. The number of thiophene rings is 1. The van der Waals surface area contributed by atoms with Gasteiger partial charge in [-0.25, -0.2) is 0 Å². The smallest absolute Gasteiger partial charge is 0.259 e. The van der Waals surface area contributed by atoms with E-state index < -0.39 is 0 Å². The van der Waals surface area contributed by atoms with Gasteiger partial charge in [0.05, 0.1) is 4.88 Å². The lowest BCUT2D eigenvalue weighted by molar-refractivity contribution is 0.0859. The van der Waals surface area contributed by atoms with Crippen LogP contribution < -0.4 is 10.5 Å². The number of para-hydroxylation sites is 1. The van der Waals surface area contributed by atoms with Crippen molar-refractivity contribution in [2.75, 3.05) is 19.6 Å². The second-order valence-electron chi connectivity index (χ2n) is 6.37. The molecule has 4 heterocycles. The summed E-state index contributed by atoms with van der Waals surface area (Å²) in [4.78, 5) is 15.1. The summed E-state index contributed by atoms with van der Waals surface area (Å²) in [7, 11) is 0. The maximum absolute atomic E-state index is 11.9. The van der Waals surface area contributed by atoms with Gasteiger partial charge in [-0.3, -0.25) is 4.79 Å². The van der Waals surface area contributed by atoms with Gasteiger partial charge < -0.3 is 15.4 Å². The first-order chi connectivity index (χ1) is 11.2. The van der Waals surface area contributed by atoms with E-state index in [1.807, 2.05) is 36.4 Å². The molecule has 2 N–H and O–H groups in total. The van der Waals surface area contributed by atoms with Crippen LogP contribution in [0.3, 0.4) is 0 Å². The minimum absolute atomic E-state index is 0.343. The third-order valence-electron chi connectivity index (χ3n) is 4.98. The van der Waals surface area contributed by atoms with Crippen LogP contribution >= 0.6 is 11.3 Å². The van der Waals surface area contributed by atoms with Gasteiger partial charge in [0, 0.05) is 12.5 Å². The minimum Gasteiger partial charge on any atom is -0.447 e. The molecule has 3 fully saturated rings. The summed E-state index contributed by atoms with van der Waals surface area (Å²) in [6, 6.07) is 11.7. The van der Waals surface area contributed by atoms with E-state index in [1.54, 1.807) is 0 Å². The highest BCUT2D eigenvalue weighted by molar-refractivity contribution is 7.16. The van der Waals surface area contributed by atoms with Crippen LogP contribution in [-0.2, 0) is 0 Å². The number of ether oxygens (including phenoxy) is 1. The third-order valence-corrected chi connectivity index (χ3v) is 6.02. The van der Waals surface area contributed by atoms with Crippen LogP contribution in [-0.4, -0.2) is 30.4 Å². The highest BCUT2D eigenvalue weighted by Crippen LogP contribution is 2.44. The molecule has 2 bridgehead atoms. The number of piperidine rings is 3. The van der Waals surface area contributed by atoms with Crippen molar-refractivity contribution in [1.29, 1.82) is 0 Å². The fourth-order valence-electron chi connectivity index (χ4n) is 3.82. The van der Waals surface area contributed by atoms with Gasteiger partial charge in [-0.1, -0.05) is 29.5 Å². The quantitative estimate of drug-likeness (QED) is 0.935. The molecule has 0 spiro atoms. The van der Waals surface area contributed by atoms with E-state index in [2.05, 4.69) is 4.90 Å². The SMILES string of the molecule is NC(=O)c1sc(Oc2ccccc2)cc1C1CN2CCC1CC2. The second kappa shape index (κ2) is 5.98. The summed E-state index contributed by atoms with van der Waals surface area (Å²) < 4.78 is 5.92. The van der Waals surface area contributed by atoms with Crippen molar-refractivity contribution in [2.24, 2.45) is 11.7 Å². The summed E-state index contributed by atoms with van der Waals surface area (Å²) in [5.74, 6) is 1.51. The van der Waals surface area contributed by atoms with Gasteiger partial charge in [0.2, 0.25) is 0 Å². The van der Waals surface area contributed by atoms with Crippen LogP contribution in [0.1, 0.15) is 34.0 Å². The van der Waals surface area contributed by atoms with Crippen LogP contribution in [0.2, 0.25) is 0 Å². The molecular formula is C18H20N2O2S. The normalized spacial score (nSPS) is 26.2. The van der Waals surface area contributed by atoms with Gasteiger partial charge in [0.15, 0.2) is 5.06 Å². The average molecular weight is 328 g/mol. The second-order valence-corrected chi connectivity index (χ2v) is 7.39. The minimum atomic E-state index is -0.343. The lowest BCUT2D eigenvalue weighted by atomic mass is 9.75. The number of primary amides is 1. The van der Waals surface area contributed by atoms with Crippen LogP contribution in [0.25, 0.3) is 0 Å². The number of carbonyl (C=O) groups is 1. The Kier molecular flexibility index (Phi) is 3.83. The topological polar surface area (TPSA) is 55.6 Å². The summed E-state index contributed by atoms with van der Waals surface area (Å²) in [6.07, 6.45) is 2.43. The zero-order chi connectivity index (χ0) is 15.8. The summed E-state index contributed by atoms with van der Waals surface area (Å²) in [5.41, 5.74) is 6.71. The molecule has 0 saturated carbocycles. The molecule has 1 aromatic heterocycles. The zero-order valence-corrected chi connectivity index (χ0v) is 13.7. The van der Waals surface area contributed by atoms with E-state index in [9.17, 15) is 4.79 Å². The molecule has 3 aliphatic heterocycles. The van der Waals surface area contributed by atoms with Crippen LogP contribution in [0.5, 0.6) is 10.8 Å². The highest BCUT2D eigenvalue weighted by atomic mass is 32.1. The van der Waals surface area contributed by atoms with Crippen LogP contribution in [0.4, 0.5) is 0 Å². The Balaban J connectivity index is 1.65. The van der Waals surface area contributed by atoms with Crippen molar-refractivity contribution < 1.29 is 9.53 Å². The Hall–Kier alpha value is -1.85. The Morgan fingerprint density at radius 3 is 2.57 bits per heavy atom. The molecule has 1 unspecified atom stereocenters. The number of hydrogen-bond donors (Lipinski definition) is 1. The first-order valence-electron chi connectivity index (χ1n) is 8.09. The molecule has 4 nitrogen and oxygen atoms in total. The Labute approximate surface area is 139 Å². The summed E-state index contributed by atoms with van der Waals surface area (Å²) in [6.45, 7) is 3.40. The monoisotopic (exact) mass is 328 g/mol. The Morgan fingerprint density at radius 2 is 1.96 bits per heavy atom. The number of amides is 1. The Morgan fingerprint density at radius 1 is 1.22 bits per heavy atom. The number of hydrogen-bond acceptors (Lipinski definition) is 4. The van der Waals surface area contributed by atoms with Gasteiger partial charge in [-0.2, -0.15) is 0 Å². The van der Waals surface area contributed by atoms with Gasteiger partial charge in [-0.05, 0) is 55.6 Å². The molecule has 5 rings (SSSR count). The fourth-order valence-corrected chi connectivity index (χ4v) is 4.78. The first kappa shape index (κ1) is 14.7. The largest absolute Gasteiger partial charge is 0.447 e. The van der Waals surface area contributed by atoms with E-state index in [0.717, 1.165) is 22.9 Å². The molecular weight excluding hydrogens is 308 g/mol. The van der Waals surface area contributed by atoms with Crippen molar-refractivity contribution in [3.8, 4) is 10.8 Å². The zero-order valence-electron chi connectivity index (χ0n) is 12.9. The van der Waals surface area contributed by atoms with E-state index in [4.69, 9.17) is 10.5 Å². The predicted molar refractivity (Wildman–Crippen MR) is 91.3 cm³/mol. The lowest BCUT2D eigenvalue weighted by Crippen LogP contribution is -2.46. The molecule has 1 aromatic carbocycles. The number of carbonyl (C=O) groups excluding carboxylic acids is 1. The third kappa shape index (κ3) is 2.86. The number of rotatable bonds is 4. The van der Waals surface area contributed by atoms with Gasteiger partial charge in [0.1, 0.15) is 5.75 Å². The number of benzene rings is 1. The molecule has 3 saturated heterocycles. The van der Waals surface area contributed by atoms with Gasteiger partial charge in [-0.15, -0.1) is 0 Å². The van der Waals surface area contributed by atoms with E-state index in [0.29, 0.717) is 16.7 Å².